The van der Waals surface area contributed by atoms with E-state index in [1.54, 1.807) is 0 Å². The zero-order valence-corrected chi connectivity index (χ0v) is 13.9. The molecule has 0 unspecified atom stereocenters. The molecule has 2 saturated heterocycles. The third-order valence-corrected chi connectivity index (χ3v) is 4.81. The van der Waals surface area contributed by atoms with Crippen molar-refractivity contribution in [3.8, 4) is 5.75 Å². The molecule has 2 heterocycles. The molecule has 1 aromatic carbocycles. The van der Waals surface area contributed by atoms with E-state index < -0.39 is 0 Å². The summed E-state index contributed by atoms with van der Waals surface area (Å²) in [7, 11) is -0.329. The SMILES string of the molecule is CC1(C)OB(c2ccc(O[C@H]3CCCCO3)cc2)OC1(C)C. The van der Waals surface area contributed by atoms with Crippen LogP contribution in [0.15, 0.2) is 24.3 Å². The van der Waals surface area contributed by atoms with Gasteiger partial charge in [0, 0.05) is 6.42 Å². The Kier molecular flexibility index (Phi) is 4.23. The summed E-state index contributed by atoms with van der Waals surface area (Å²) < 4.78 is 23.6. The lowest BCUT2D eigenvalue weighted by molar-refractivity contribution is -0.105. The van der Waals surface area contributed by atoms with Crippen molar-refractivity contribution in [3.05, 3.63) is 24.3 Å². The van der Waals surface area contributed by atoms with Crippen LogP contribution in [-0.4, -0.2) is 31.2 Å². The van der Waals surface area contributed by atoms with E-state index in [1.807, 2.05) is 24.3 Å². The van der Waals surface area contributed by atoms with Gasteiger partial charge in [0.2, 0.25) is 0 Å². The lowest BCUT2D eigenvalue weighted by Gasteiger charge is -2.32. The topological polar surface area (TPSA) is 36.9 Å². The van der Waals surface area contributed by atoms with Crippen LogP contribution < -0.4 is 10.2 Å². The van der Waals surface area contributed by atoms with Crippen LogP contribution in [-0.2, 0) is 14.0 Å². The molecule has 3 rings (SSSR count). The van der Waals surface area contributed by atoms with Gasteiger partial charge < -0.3 is 18.8 Å². The van der Waals surface area contributed by atoms with Crippen LogP contribution in [0.5, 0.6) is 5.75 Å². The van der Waals surface area contributed by atoms with Gasteiger partial charge >= 0.3 is 7.12 Å². The molecule has 1 atom stereocenters. The minimum absolute atomic E-state index is 0.114. The Morgan fingerprint density at radius 3 is 2.18 bits per heavy atom. The summed E-state index contributed by atoms with van der Waals surface area (Å²) >= 11 is 0. The van der Waals surface area contributed by atoms with Crippen molar-refractivity contribution in [2.24, 2.45) is 0 Å². The molecule has 0 saturated carbocycles. The monoisotopic (exact) mass is 304 g/mol. The van der Waals surface area contributed by atoms with Crippen molar-refractivity contribution in [1.29, 1.82) is 0 Å². The Morgan fingerprint density at radius 1 is 1.00 bits per heavy atom. The first-order valence-electron chi connectivity index (χ1n) is 8.11. The van der Waals surface area contributed by atoms with E-state index in [4.69, 9.17) is 18.8 Å². The molecule has 2 aliphatic heterocycles. The van der Waals surface area contributed by atoms with Gasteiger partial charge in [-0.2, -0.15) is 0 Å². The highest BCUT2D eigenvalue weighted by Crippen LogP contribution is 2.36. The molecule has 120 valence electrons. The van der Waals surface area contributed by atoms with Crippen molar-refractivity contribution in [2.75, 3.05) is 6.61 Å². The van der Waals surface area contributed by atoms with Crippen LogP contribution in [0.1, 0.15) is 47.0 Å². The average molecular weight is 304 g/mol. The predicted molar refractivity (Wildman–Crippen MR) is 86.4 cm³/mol. The van der Waals surface area contributed by atoms with Crippen LogP contribution in [0.4, 0.5) is 0 Å². The van der Waals surface area contributed by atoms with Gasteiger partial charge in [-0.05, 0) is 58.1 Å². The Bertz CT molecular complexity index is 490. The summed E-state index contributed by atoms with van der Waals surface area (Å²) in [6, 6.07) is 7.91. The zero-order chi connectivity index (χ0) is 15.8. The minimum Gasteiger partial charge on any atom is -0.465 e. The van der Waals surface area contributed by atoms with Crippen molar-refractivity contribution in [1.82, 2.24) is 0 Å². The summed E-state index contributed by atoms with van der Waals surface area (Å²) in [5.74, 6) is 0.826. The van der Waals surface area contributed by atoms with Crippen LogP contribution in [0, 0.1) is 0 Å². The van der Waals surface area contributed by atoms with Gasteiger partial charge in [0.25, 0.3) is 0 Å². The van der Waals surface area contributed by atoms with Gasteiger partial charge in [-0.1, -0.05) is 12.1 Å². The maximum absolute atomic E-state index is 6.05. The second kappa shape index (κ2) is 5.87. The maximum Gasteiger partial charge on any atom is 0.494 e. The Balaban J connectivity index is 1.65. The van der Waals surface area contributed by atoms with Crippen molar-refractivity contribution in [3.63, 3.8) is 0 Å². The van der Waals surface area contributed by atoms with Gasteiger partial charge in [0.15, 0.2) is 6.29 Å². The summed E-state index contributed by atoms with van der Waals surface area (Å²) in [6.07, 6.45) is 3.13. The van der Waals surface area contributed by atoms with Gasteiger partial charge in [-0.25, -0.2) is 0 Å². The fourth-order valence-corrected chi connectivity index (χ4v) is 2.64. The fourth-order valence-electron chi connectivity index (χ4n) is 2.64. The van der Waals surface area contributed by atoms with E-state index in [0.29, 0.717) is 0 Å². The summed E-state index contributed by atoms with van der Waals surface area (Å²) in [5.41, 5.74) is 0.376. The standard InChI is InChI=1S/C17H25BO4/c1-16(2)17(3,4)22-18(21-16)13-8-10-14(11-9-13)20-15-7-5-6-12-19-15/h8-11,15H,5-7,12H2,1-4H3/t15-/m0/s1. The van der Waals surface area contributed by atoms with E-state index in [1.165, 1.54) is 0 Å². The van der Waals surface area contributed by atoms with E-state index in [9.17, 15) is 0 Å². The molecule has 0 aliphatic carbocycles. The molecular formula is C17H25BO4. The molecule has 0 N–H and O–H groups in total. The highest BCUT2D eigenvalue weighted by atomic mass is 16.7. The number of hydrogen-bond donors (Lipinski definition) is 0. The second-order valence-electron chi connectivity index (χ2n) is 7.07. The summed E-state index contributed by atoms with van der Waals surface area (Å²) in [5, 5.41) is 0. The first-order valence-corrected chi connectivity index (χ1v) is 8.11. The van der Waals surface area contributed by atoms with E-state index in [-0.39, 0.29) is 24.6 Å². The van der Waals surface area contributed by atoms with Crippen molar-refractivity contribution < 1.29 is 18.8 Å². The third-order valence-electron chi connectivity index (χ3n) is 4.81. The van der Waals surface area contributed by atoms with Gasteiger partial charge in [0.05, 0.1) is 17.8 Å². The Morgan fingerprint density at radius 2 is 1.64 bits per heavy atom. The van der Waals surface area contributed by atoms with Crippen molar-refractivity contribution in [2.45, 2.75) is 64.4 Å². The van der Waals surface area contributed by atoms with Crippen LogP contribution in [0.2, 0.25) is 0 Å². The lowest BCUT2D eigenvalue weighted by Crippen LogP contribution is -2.41. The molecule has 0 radical (unpaired) electrons. The highest BCUT2D eigenvalue weighted by molar-refractivity contribution is 6.62. The highest BCUT2D eigenvalue weighted by Gasteiger charge is 2.51. The molecule has 0 amide bonds. The van der Waals surface area contributed by atoms with Gasteiger partial charge in [0.1, 0.15) is 5.75 Å². The largest absolute Gasteiger partial charge is 0.494 e. The molecule has 4 nitrogen and oxygen atoms in total. The molecule has 0 aromatic heterocycles. The molecule has 2 fully saturated rings. The van der Waals surface area contributed by atoms with Gasteiger partial charge in [-0.3, -0.25) is 0 Å². The number of ether oxygens (including phenoxy) is 2. The first-order chi connectivity index (χ1) is 10.4. The predicted octanol–water partition coefficient (Wildman–Crippen LogP) is 2.89. The van der Waals surface area contributed by atoms with Crippen LogP contribution in [0.3, 0.4) is 0 Å². The second-order valence-corrected chi connectivity index (χ2v) is 7.07. The van der Waals surface area contributed by atoms with Gasteiger partial charge in [-0.15, -0.1) is 0 Å². The summed E-state index contributed by atoms with van der Waals surface area (Å²) in [4.78, 5) is 0. The quantitative estimate of drug-likeness (QED) is 0.805. The molecule has 22 heavy (non-hydrogen) atoms. The van der Waals surface area contributed by atoms with E-state index >= 15 is 0 Å². The number of rotatable bonds is 3. The Labute approximate surface area is 133 Å². The first kappa shape index (κ1) is 15.8. The van der Waals surface area contributed by atoms with E-state index in [2.05, 4.69) is 27.7 Å². The number of hydrogen-bond acceptors (Lipinski definition) is 4. The fraction of sp³-hybridized carbons (Fsp3) is 0.647. The molecule has 1 aromatic rings. The van der Waals surface area contributed by atoms with Crippen molar-refractivity contribution >= 4 is 12.6 Å². The summed E-state index contributed by atoms with van der Waals surface area (Å²) in [6.45, 7) is 9.03. The molecule has 5 heteroatoms. The molecular weight excluding hydrogens is 279 g/mol. The Hall–Kier alpha value is -1.04. The molecule has 0 bridgehead atoms. The lowest BCUT2D eigenvalue weighted by atomic mass is 9.79. The smallest absolute Gasteiger partial charge is 0.465 e. The van der Waals surface area contributed by atoms with Crippen LogP contribution >= 0.6 is 0 Å². The van der Waals surface area contributed by atoms with Crippen LogP contribution in [0.25, 0.3) is 0 Å². The maximum atomic E-state index is 6.05. The number of benzene rings is 1. The zero-order valence-electron chi connectivity index (χ0n) is 13.9. The van der Waals surface area contributed by atoms with E-state index in [0.717, 1.165) is 37.1 Å². The molecule has 0 spiro atoms. The third kappa shape index (κ3) is 3.17. The molecule has 2 aliphatic rings. The normalized spacial score (nSPS) is 26.9. The minimum atomic E-state index is -0.329. The average Bonchev–Trinajstić information content (AvgIpc) is 2.69.